The van der Waals surface area contributed by atoms with Crippen LogP contribution in [-0.4, -0.2) is 6.04 Å². The van der Waals surface area contributed by atoms with Crippen LogP contribution in [0.1, 0.15) is 31.4 Å². The van der Waals surface area contributed by atoms with E-state index in [9.17, 15) is 4.39 Å². The molecule has 0 saturated heterocycles. The van der Waals surface area contributed by atoms with Gasteiger partial charge in [0.15, 0.2) is 11.6 Å². The van der Waals surface area contributed by atoms with Crippen LogP contribution in [0.4, 0.5) is 4.39 Å². The molecule has 2 aromatic rings. The molecule has 0 aliphatic carbocycles. The van der Waals surface area contributed by atoms with E-state index >= 15 is 0 Å². The van der Waals surface area contributed by atoms with E-state index in [1.54, 1.807) is 6.07 Å². The highest BCUT2D eigenvalue weighted by atomic mass is 19.1. The van der Waals surface area contributed by atoms with Crippen LogP contribution in [0, 0.1) is 5.82 Å². The number of aryl methyl sites for hydroxylation is 1. The zero-order chi connectivity index (χ0) is 15.2. The number of hydrogen-bond donors (Lipinski definition) is 1. The maximum atomic E-state index is 14.0. The zero-order valence-electron chi connectivity index (χ0n) is 12.6. The van der Waals surface area contributed by atoms with Crippen LogP contribution in [0.15, 0.2) is 42.5 Å². The fraction of sp³-hybridized carbons (Fsp3) is 0.333. The lowest BCUT2D eigenvalue weighted by Crippen LogP contribution is -2.18. The Morgan fingerprint density at radius 1 is 1.14 bits per heavy atom. The summed E-state index contributed by atoms with van der Waals surface area (Å²) in [5, 5.41) is 0. The maximum Gasteiger partial charge on any atom is 0.166 e. The minimum Gasteiger partial charge on any atom is -0.454 e. The molecule has 0 spiro atoms. The van der Waals surface area contributed by atoms with Crippen LogP contribution in [-0.2, 0) is 12.8 Å². The van der Waals surface area contributed by atoms with Crippen molar-refractivity contribution in [1.29, 1.82) is 0 Å². The second-order valence-corrected chi connectivity index (χ2v) is 5.41. The molecular weight excluding hydrogens is 265 g/mol. The van der Waals surface area contributed by atoms with Crippen molar-refractivity contribution >= 4 is 0 Å². The summed E-state index contributed by atoms with van der Waals surface area (Å²) in [6, 6.07) is 12.7. The highest BCUT2D eigenvalue weighted by Crippen LogP contribution is 2.29. The minimum atomic E-state index is -0.356. The molecule has 0 aliphatic heterocycles. The first-order valence-electron chi connectivity index (χ1n) is 7.40. The van der Waals surface area contributed by atoms with Crippen molar-refractivity contribution in [2.45, 2.75) is 39.2 Å². The fourth-order valence-electron chi connectivity index (χ4n) is 2.31. The lowest BCUT2D eigenvalue weighted by Gasteiger charge is -2.14. The van der Waals surface area contributed by atoms with Gasteiger partial charge in [-0.05, 0) is 49.1 Å². The smallest absolute Gasteiger partial charge is 0.166 e. The Kier molecular flexibility index (Phi) is 5.34. The van der Waals surface area contributed by atoms with Gasteiger partial charge in [-0.1, -0.05) is 37.6 Å². The quantitative estimate of drug-likeness (QED) is 0.851. The Balaban J connectivity index is 2.22. The molecule has 2 nitrogen and oxygen atoms in total. The van der Waals surface area contributed by atoms with Gasteiger partial charge in [0, 0.05) is 6.04 Å². The van der Waals surface area contributed by atoms with E-state index in [0.29, 0.717) is 12.2 Å². The second-order valence-electron chi connectivity index (χ2n) is 5.41. The number of hydrogen-bond acceptors (Lipinski definition) is 2. The normalized spacial score (nSPS) is 12.2. The van der Waals surface area contributed by atoms with E-state index in [0.717, 1.165) is 18.4 Å². The van der Waals surface area contributed by atoms with Crippen molar-refractivity contribution in [2.75, 3.05) is 0 Å². The maximum absolute atomic E-state index is 14.0. The molecule has 2 aromatic carbocycles. The Hall–Kier alpha value is -1.87. The molecule has 0 aromatic heterocycles. The number of ether oxygens (including phenoxy) is 1. The summed E-state index contributed by atoms with van der Waals surface area (Å²) in [5.74, 6) is 0.565. The molecule has 0 aliphatic rings. The van der Waals surface area contributed by atoms with E-state index in [2.05, 4.69) is 6.92 Å². The van der Waals surface area contributed by atoms with Crippen molar-refractivity contribution in [2.24, 2.45) is 5.73 Å². The molecule has 2 N–H and O–H groups in total. The number of para-hydroxylation sites is 1. The SMILES string of the molecule is CCCc1ccc(Oc2c(F)cccc2CC(C)N)cc1. The third-order valence-corrected chi connectivity index (χ3v) is 3.27. The molecule has 1 unspecified atom stereocenters. The highest BCUT2D eigenvalue weighted by Gasteiger charge is 2.12. The summed E-state index contributed by atoms with van der Waals surface area (Å²) in [6.45, 7) is 4.04. The minimum absolute atomic E-state index is 0.0407. The van der Waals surface area contributed by atoms with Crippen molar-refractivity contribution in [3.63, 3.8) is 0 Å². The van der Waals surface area contributed by atoms with Gasteiger partial charge in [-0.2, -0.15) is 0 Å². The summed E-state index contributed by atoms with van der Waals surface area (Å²) in [6.07, 6.45) is 2.73. The Labute approximate surface area is 125 Å². The molecule has 0 saturated carbocycles. The van der Waals surface area contributed by atoms with Crippen LogP contribution < -0.4 is 10.5 Å². The summed E-state index contributed by atoms with van der Waals surface area (Å²) in [4.78, 5) is 0. The van der Waals surface area contributed by atoms with Gasteiger partial charge in [-0.25, -0.2) is 4.39 Å². The van der Waals surface area contributed by atoms with Crippen LogP contribution in [0.5, 0.6) is 11.5 Å². The van der Waals surface area contributed by atoms with Crippen molar-refractivity contribution in [3.05, 3.63) is 59.4 Å². The predicted octanol–water partition coefficient (Wildman–Crippen LogP) is 4.46. The topological polar surface area (TPSA) is 35.2 Å². The molecular formula is C18H22FNO. The van der Waals surface area contributed by atoms with Crippen LogP contribution in [0.25, 0.3) is 0 Å². The van der Waals surface area contributed by atoms with Crippen molar-refractivity contribution < 1.29 is 9.13 Å². The number of rotatable bonds is 6. The van der Waals surface area contributed by atoms with Gasteiger partial charge in [0.05, 0.1) is 0 Å². The molecule has 21 heavy (non-hydrogen) atoms. The molecule has 0 fully saturated rings. The number of nitrogens with two attached hydrogens (primary N) is 1. The Bertz CT molecular complexity index is 578. The van der Waals surface area contributed by atoms with Crippen LogP contribution >= 0.6 is 0 Å². The van der Waals surface area contributed by atoms with Crippen LogP contribution in [0.3, 0.4) is 0 Å². The van der Waals surface area contributed by atoms with Gasteiger partial charge in [0.1, 0.15) is 5.75 Å². The average Bonchev–Trinajstić information content (AvgIpc) is 2.44. The molecule has 3 heteroatoms. The number of halogens is 1. The summed E-state index contributed by atoms with van der Waals surface area (Å²) >= 11 is 0. The lowest BCUT2D eigenvalue weighted by atomic mass is 10.1. The zero-order valence-corrected chi connectivity index (χ0v) is 12.6. The fourth-order valence-corrected chi connectivity index (χ4v) is 2.31. The van der Waals surface area contributed by atoms with E-state index in [1.165, 1.54) is 11.6 Å². The van der Waals surface area contributed by atoms with E-state index in [1.807, 2.05) is 37.3 Å². The molecule has 0 radical (unpaired) electrons. The Morgan fingerprint density at radius 2 is 1.86 bits per heavy atom. The van der Waals surface area contributed by atoms with Gasteiger partial charge in [-0.3, -0.25) is 0 Å². The average molecular weight is 287 g/mol. The third kappa shape index (κ3) is 4.30. The summed E-state index contributed by atoms with van der Waals surface area (Å²) in [7, 11) is 0. The van der Waals surface area contributed by atoms with E-state index in [4.69, 9.17) is 10.5 Å². The van der Waals surface area contributed by atoms with Crippen LogP contribution in [0.2, 0.25) is 0 Å². The predicted molar refractivity (Wildman–Crippen MR) is 84.3 cm³/mol. The largest absolute Gasteiger partial charge is 0.454 e. The first kappa shape index (κ1) is 15.5. The molecule has 0 heterocycles. The van der Waals surface area contributed by atoms with Gasteiger partial charge >= 0.3 is 0 Å². The monoisotopic (exact) mass is 287 g/mol. The standard InChI is InChI=1S/C18H22FNO/c1-3-5-14-8-10-16(11-9-14)21-18-15(12-13(2)20)6-4-7-17(18)19/h4,6-11,13H,3,5,12,20H2,1-2H3. The first-order valence-corrected chi connectivity index (χ1v) is 7.40. The van der Waals surface area contributed by atoms with Gasteiger partial charge in [-0.15, -0.1) is 0 Å². The molecule has 112 valence electrons. The third-order valence-electron chi connectivity index (χ3n) is 3.27. The van der Waals surface area contributed by atoms with E-state index in [-0.39, 0.29) is 17.6 Å². The summed E-state index contributed by atoms with van der Waals surface area (Å²) < 4.78 is 19.8. The van der Waals surface area contributed by atoms with Crippen molar-refractivity contribution in [3.8, 4) is 11.5 Å². The molecule has 1 atom stereocenters. The molecule has 2 rings (SSSR count). The Morgan fingerprint density at radius 3 is 2.48 bits per heavy atom. The summed E-state index contributed by atoms with van der Waals surface area (Å²) in [5.41, 5.74) is 7.86. The second kappa shape index (κ2) is 7.23. The highest BCUT2D eigenvalue weighted by molar-refractivity contribution is 5.40. The van der Waals surface area contributed by atoms with E-state index < -0.39 is 0 Å². The van der Waals surface area contributed by atoms with Crippen molar-refractivity contribution in [1.82, 2.24) is 0 Å². The first-order chi connectivity index (χ1) is 10.1. The molecule has 0 bridgehead atoms. The van der Waals surface area contributed by atoms with Gasteiger partial charge < -0.3 is 10.5 Å². The lowest BCUT2D eigenvalue weighted by molar-refractivity contribution is 0.434. The molecule has 0 amide bonds. The van der Waals surface area contributed by atoms with Gasteiger partial charge in [0.2, 0.25) is 0 Å². The number of benzene rings is 2. The van der Waals surface area contributed by atoms with Gasteiger partial charge in [0.25, 0.3) is 0 Å².